The summed E-state index contributed by atoms with van der Waals surface area (Å²) < 4.78 is 27.1. The molecule has 2 aliphatic rings. The van der Waals surface area contributed by atoms with E-state index in [0.29, 0.717) is 5.69 Å². The smallest absolute Gasteiger partial charge is 0.240 e. The Bertz CT molecular complexity index is 1210. The third-order valence-electron chi connectivity index (χ3n) is 5.72. The van der Waals surface area contributed by atoms with Crippen molar-refractivity contribution in [2.75, 3.05) is 42.9 Å². The van der Waals surface area contributed by atoms with Gasteiger partial charge in [0.1, 0.15) is 17.8 Å². The highest BCUT2D eigenvalue weighted by molar-refractivity contribution is 7.89. The van der Waals surface area contributed by atoms with Gasteiger partial charge in [-0.05, 0) is 43.2 Å². The maximum absolute atomic E-state index is 12.5. The van der Waals surface area contributed by atoms with E-state index in [0.717, 1.165) is 55.9 Å². The Morgan fingerprint density at radius 1 is 1.06 bits per heavy atom. The number of amides is 1. The summed E-state index contributed by atoms with van der Waals surface area (Å²) in [5, 5.41) is 3.85. The maximum atomic E-state index is 12.5. The molecule has 2 fully saturated rings. The second kappa shape index (κ2) is 8.49. The molecule has 2 aromatic heterocycles. The molecule has 3 N–H and O–H groups in total. The molecule has 0 unspecified atom stereocenters. The summed E-state index contributed by atoms with van der Waals surface area (Å²) in [5.41, 5.74) is 1.40. The minimum Gasteiger partial charge on any atom is -0.353 e. The van der Waals surface area contributed by atoms with E-state index in [1.807, 2.05) is 12.3 Å². The van der Waals surface area contributed by atoms with Gasteiger partial charge in [-0.25, -0.2) is 23.1 Å². The van der Waals surface area contributed by atoms with E-state index < -0.39 is 10.0 Å². The largest absolute Gasteiger partial charge is 0.353 e. The highest BCUT2D eigenvalue weighted by atomic mass is 32.2. The first-order valence-corrected chi connectivity index (χ1v) is 12.1. The van der Waals surface area contributed by atoms with E-state index in [-0.39, 0.29) is 23.4 Å². The van der Waals surface area contributed by atoms with Crippen molar-refractivity contribution in [1.29, 1.82) is 0 Å². The number of nitrogens with one attached hydrogen (secondary N) is 3. The standard InChI is InChI=1S/C21H25N7O3S/c29-19(25-15-3-5-17(6-4-15)32(30,31)26-16-1-2-16)13-27-9-11-28(12-10-27)21-18-7-8-22-20(18)23-14-24-21/h3-8,14,16,26H,1-2,9-13H2,(H,25,29)(H,22,23,24). The first kappa shape index (κ1) is 20.9. The lowest BCUT2D eigenvalue weighted by molar-refractivity contribution is -0.117. The number of carbonyl (C=O) groups excluding carboxylic acids is 1. The Kier molecular flexibility index (Phi) is 5.53. The van der Waals surface area contributed by atoms with Crippen molar-refractivity contribution in [3.63, 3.8) is 0 Å². The fraction of sp³-hybridized carbons (Fsp3) is 0.381. The van der Waals surface area contributed by atoms with Gasteiger partial charge >= 0.3 is 0 Å². The molecular weight excluding hydrogens is 430 g/mol. The summed E-state index contributed by atoms with van der Waals surface area (Å²) in [4.78, 5) is 28.8. The van der Waals surface area contributed by atoms with Gasteiger partial charge in [0, 0.05) is 44.1 Å². The summed E-state index contributed by atoms with van der Waals surface area (Å²) in [6.07, 6.45) is 5.19. The van der Waals surface area contributed by atoms with Gasteiger partial charge in [-0.15, -0.1) is 0 Å². The van der Waals surface area contributed by atoms with E-state index in [1.54, 1.807) is 18.5 Å². The monoisotopic (exact) mass is 455 g/mol. The maximum Gasteiger partial charge on any atom is 0.240 e. The van der Waals surface area contributed by atoms with Gasteiger partial charge in [-0.1, -0.05) is 0 Å². The molecule has 0 radical (unpaired) electrons. The van der Waals surface area contributed by atoms with Crippen LogP contribution in [0.5, 0.6) is 0 Å². The lowest BCUT2D eigenvalue weighted by Crippen LogP contribution is -2.49. The molecule has 1 saturated heterocycles. The van der Waals surface area contributed by atoms with Gasteiger partial charge in [-0.2, -0.15) is 0 Å². The minimum atomic E-state index is -3.49. The van der Waals surface area contributed by atoms with Crippen LogP contribution in [0.25, 0.3) is 11.0 Å². The van der Waals surface area contributed by atoms with Crippen LogP contribution in [0.4, 0.5) is 11.5 Å². The fourth-order valence-electron chi connectivity index (χ4n) is 3.84. The molecule has 3 aromatic rings. The van der Waals surface area contributed by atoms with Crippen molar-refractivity contribution in [2.24, 2.45) is 0 Å². The molecule has 168 valence electrons. The second-order valence-corrected chi connectivity index (χ2v) is 9.88. The summed E-state index contributed by atoms with van der Waals surface area (Å²) in [6, 6.07) is 8.31. The molecule has 0 bridgehead atoms. The number of sulfonamides is 1. The average molecular weight is 456 g/mol. The number of anilines is 2. The van der Waals surface area contributed by atoms with Crippen LogP contribution < -0.4 is 14.9 Å². The fourth-order valence-corrected chi connectivity index (χ4v) is 5.14. The van der Waals surface area contributed by atoms with Crippen LogP contribution in [0.3, 0.4) is 0 Å². The number of fused-ring (bicyclic) bond motifs is 1. The quantitative estimate of drug-likeness (QED) is 0.488. The van der Waals surface area contributed by atoms with E-state index in [2.05, 4.69) is 34.8 Å². The molecule has 11 heteroatoms. The first-order chi connectivity index (χ1) is 15.5. The summed E-state index contributed by atoms with van der Waals surface area (Å²) >= 11 is 0. The molecule has 1 saturated carbocycles. The van der Waals surface area contributed by atoms with Gasteiger partial charge in [-0.3, -0.25) is 9.69 Å². The van der Waals surface area contributed by atoms with Crippen molar-refractivity contribution in [2.45, 2.75) is 23.8 Å². The molecule has 1 aromatic carbocycles. The number of benzene rings is 1. The normalized spacial score (nSPS) is 17.6. The molecule has 1 amide bonds. The third-order valence-corrected chi connectivity index (χ3v) is 7.26. The Morgan fingerprint density at radius 2 is 1.81 bits per heavy atom. The number of H-pyrrole nitrogens is 1. The Morgan fingerprint density at radius 3 is 2.53 bits per heavy atom. The highest BCUT2D eigenvalue weighted by Gasteiger charge is 2.28. The van der Waals surface area contributed by atoms with E-state index in [9.17, 15) is 13.2 Å². The van der Waals surface area contributed by atoms with Crippen molar-refractivity contribution < 1.29 is 13.2 Å². The number of carbonyl (C=O) groups is 1. The Labute approximate surface area is 186 Å². The van der Waals surface area contributed by atoms with Crippen LogP contribution in [-0.4, -0.2) is 72.9 Å². The number of piperazine rings is 1. The van der Waals surface area contributed by atoms with Crippen LogP contribution in [0.1, 0.15) is 12.8 Å². The SMILES string of the molecule is O=C(CN1CCN(c2ncnc3[nH]ccc23)CC1)Nc1ccc(S(=O)(=O)NC2CC2)cc1. The lowest BCUT2D eigenvalue weighted by Gasteiger charge is -2.35. The summed E-state index contributed by atoms with van der Waals surface area (Å²) in [7, 11) is -3.49. The predicted octanol–water partition coefficient (Wildman–Crippen LogP) is 1.16. The molecule has 5 rings (SSSR count). The van der Waals surface area contributed by atoms with Crippen molar-refractivity contribution >= 4 is 38.5 Å². The van der Waals surface area contributed by atoms with Crippen LogP contribution in [0.15, 0.2) is 47.8 Å². The van der Waals surface area contributed by atoms with Crippen LogP contribution in [-0.2, 0) is 14.8 Å². The van der Waals surface area contributed by atoms with Crippen molar-refractivity contribution in [3.8, 4) is 0 Å². The van der Waals surface area contributed by atoms with E-state index >= 15 is 0 Å². The molecule has 0 spiro atoms. The van der Waals surface area contributed by atoms with Gasteiger partial charge in [0.15, 0.2) is 0 Å². The summed E-state index contributed by atoms with van der Waals surface area (Å²) in [6.45, 7) is 3.30. The van der Waals surface area contributed by atoms with Crippen molar-refractivity contribution in [3.05, 3.63) is 42.9 Å². The molecular formula is C21H25N7O3S. The molecule has 3 heterocycles. The van der Waals surface area contributed by atoms with E-state index in [4.69, 9.17) is 0 Å². The predicted molar refractivity (Wildman–Crippen MR) is 121 cm³/mol. The molecule has 32 heavy (non-hydrogen) atoms. The molecule has 1 aliphatic heterocycles. The summed E-state index contributed by atoms with van der Waals surface area (Å²) in [5.74, 6) is 0.784. The second-order valence-electron chi connectivity index (χ2n) is 8.17. The molecule has 0 atom stereocenters. The van der Waals surface area contributed by atoms with Gasteiger partial charge in [0.25, 0.3) is 0 Å². The van der Waals surface area contributed by atoms with Crippen LogP contribution in [0, 0.1) is 0 Å². The number of aromatic nitrogens is 3. The first-order valence-electron chi connectivity index (χ1n) is 10.7. The zero-order chi connectivity index (χ0) is 22.1. The lowest BCUT2D eigenvalue weighted by atomic mass is 10.2. The van der Waals surface area contributed by atoms with Crippen LogP contribution >= 0.6 is 0 Å². The van der Waals surface area contributed by atoms with Gasteiger partial charge in [0.2, 0.25) is 15.9 Å². The zero-order valence-corrected chi connectivity index (χ0v) is 18.3. The topological polar surface area (TPSA) is 123 Å². The number of aromatic amines is 1. The number of hydrogen-bond acceptors (Lipinski definition) is 7. The van der Waals surface area contributed by atoms with Crippen LogP contribution in [0.2, 0.25) is 0 Å². The van der Waals surface area contributed by atoms with Crippen molar-refractivity contribution in [1.82, 2.24) is 24.6 Å². The number of nitrogens with zero attached hydrogens (tertiary/aromatic N) is 4. The minimum absolute atomic E-state index is 0.0586. The Balaban J connectivity index is 1.13. The van der Waals surface area contributed by atoms with Gasteiger partial charge < -0.3 is 15.2 Å². The van der Waals surface area contributed by atoms with E-state index in [1.165, 1.54) is 12.1 Å². The average Bonchev–Trinajstić information content (AvgIpc) is 3.45. The third kappa shape index (κ3) is 4.59. The number of hydrogen-bond donors (Lipinski definition) is 3. The molecule has 1 aliphatic carbocycles. The Hall–Kier alpha value is -3.02. The zero-order valence-electron chi connectivity index (χ0n) is 17.5. The number of rotatable bonds is 7. The van der Waals surface area contributed by atoms with Gasteiger partial charge in [0.05, 0.1) is 16.8 Å². The highest BCUT2D eigenvalue weighted by Crippen LogP contribution is 2.24. The molecule has 10 nitrogen and oxygen atoms in total.